The van der Waals surface area contributed by atoms with Gasteiger partial charge in [-0.2, -0.15) is 5.10 Å². The minimum absolute atomic E-state index is 0.164. The van der Waals surface area contributed by atoms with Crippen molar-refractivity contribution < 1.29 is 14.3 Å². The van der Waals surface area contributed by atoms with Gasteiger partial charge >= 0.3 is 0 Å². The van der Waals surface area contributed by atoms with Crippen LogP contribution in [-0.2, 0) is 9.53 Å². The van der Waals surface area contributed by atoms with Crippen LogP contribution in [0.15, 0.2) is 59.7 Å². The Hall–Kier alpha value is -3.10. The number of terminal acetylenes is 1. The normalized spacial score (nSPS) is 11.7. The summed E-state index contributed by atoms with van der Waals surface area (Å²) in [5.74, 6) is 2.64. The van der Waals surface area contributed by atoms with E-state index in [1.54, 1.807) is 6.07 Å². The first-order valence-corrected chi connectivity index (χ1v) is 7.32. The van der Waals surface area contributed by atoms with Gasteiger partial charge in [-0.1, -0.05) is 48.4 Å². The topological polar surface area (TPSA) is 59.9 Å². The summed E-state index contributed by atoms with van der Waals surface area (Å²) < 4.78 is 10.7. The number of nitrogens with zero attached hydrogens (tertiary/aromatic N) is 1. The second-order valence-electron chi connectivity index (χ2n) is 4.79. The number of methoxy groups -OCH3 is 1. The van der Waals surface area contributed by atoms with E-state index in [1.165, 1.54) is 13.3 Å². The summed E-state index contributed by atoms with van der Waals surface area (Å²) in [5.41, 5.74) is 3.94. The van der Waals surface area contributed by atoms with Crippen molar-refractivity contribution in [2.75, 3.05) is 13.7 Å². The lowest BCUT2D eigenvalue weighted by molar-refractivity contribution is -0.131. The maximum absolute atomic E-state index is 12.2. The first-order valence-electron chi connectivity index (χ1n) is 7.32. The van der Waals surface area contributed by atoms with Gasteiger partial charge in [-0.05, 0) is 17.7 Å². The Balaban J connectivity index is 2.03. The van der Waals surface area contributed by atoms with Crippen LogP contribution in [0, 0.1) is 12.3 Å². The predicted molar refractivity (Wildman–Crippen MR) is 92.7 cm³/mol. The van der Waals surface area contributed by atoms with Crippen LogP contribution in [0.5, 0.6) is 5.75 Å². The van der Waals surface area contributed by atoms with Gasteiger partial charge < -0.3 is 9.47 Å². The fraction of sp³-hybridized carbons (Fsp3) is 0.158. The lowest BCUT2D eigenvalue weighted by atomic mass is 10.1. The van der Waals surface area contributed by atoms with E-state index in [9.17, 15) is 4.79 Å². The summed E-state index contributed by atoms with van der Waals surface area (Å²) in [6, 6.07) is 16.5. The first kappa shape index (κ1) is 17.3. The zero-order chi connectivity index (χ0) is 17.2. The summed E-state index contributed by atoms with van der Waals surface area (Å²) >= 11 is 0. The first-order chi connectivity index (χ1) is 11.8. The Labute approximate surface area is 141 Å². The monoisotopic (exact) mass is 322 g/mol. The SMILES string of the molecule is C#CCOc1ccccc1/C=N\NC(=O)[C@H](OC)c1ccccc1. The molecule has 5 heteroatoms. The van der Waals surface area contributed by atoms with Gasteiger partial charge in [-0.3, -0.25) is 4.79 Å². The number of nitrogens with one attached hydrogen (secondary N) is 1. The number of para-hydroxylation sites is 1. The van der Waals surface area contributed by atoms with Crippen LogP contribution in [0.25, 0.3) is 0 Å². The molecule has 0 saturated heterocycles. The van der Waals surface area contributed by atoms with Crippen molar-refractivity contribution >= 4 is 12.1 Å². The molecule has 5 nitrogen and oxygen atoms in total. The highest BCUT2D eigenvalue weighted by atomic mass is 16.5. The number of amides is 1. The molecule has 0 aliphatic heterocycles. The van der Waals surface area contributed by atoms with Gasteiger partial charge in [0.15, 0.2) is 6.10 Å². The third-order valence-electron chi connectivity index (χ3n) is 3.18. The molecule has 0 aliphatic rings. The number of rotatable bonds is 7. The highest BCUT2D eigenvalue weighted by Gasteiger charge is 2.19. The van der Waals surface area contributed by atoms with E-state index in [-0.39, 0.29) is 12.5 Å². The average Bonchev–Trinajstić information content (AvgIpc) is 2.62. The van der Waals surface area contributed by atoms with E-state index in [2.05, 4.69) is 16.4 Å². The molecule has 2 aromatic rings. The fourth-order valence-electron chi connectivity index (χ4n) is 2.08. The lowest BCUT2D eigenvalue weighted by Crippen LogP contribution is -2.26. The minimum Gasteiger partial charge on any atom is -0.480 e. The fourth-order valence-corrected chi connectivity index (χ4v) is 2.08. The molecule has 1 amide bonds. The quantitative estimate of drug-likeness (QED) is 0.484. The summed E-state index contributed by atoms with van der Waals surface area (Å²) in [7, 11) is 1.48. The Bertz CT molecular complexity index is 736. The number of carbonyl (C=O) groups excluding carboxylic acids is 1. The van der Waals surface area contributed by atoms with Crippen molar-refractivity contribution in [1.29, 1.82) is 0 Å². The molecule has 2 rings (SSSR count). The molecule has 0 unspecified atom stereocenters. The summed E-state index contributed by atoms with van der Waals surface area (Å²) in [5, 5.41) is 3.97. The Morgan fingerprint density at radius 3 is 2.67 bits per heavy atom. The van der Waals surface area contributed by atoms with Gasteiger partial charge in [0.2, 0.25) is 0 Å². The Kier molecular flexibility index (Phi) is 6.57. The molecule has 24 heavy (non-hydrogen) atoms. The van der Waals surface area contributed by atoms with E-state index in [0.717, 1.165) is 5.56 Å². The van der Waals surface area contributed by atoms with Crippen molar-refractivity contribution in [1.82, 2.24) is 5.43 Å². The number of ether oxygens (including phenoxy) is 2. The molecule has 2 aromatic carbocycles. The van der Waals surface area contributed by atoms with Gasteiger partial charge in [-0.25, -0.2) is 5.43 Å². The van der Waals surface area contributed by atoms with Crippen LogP contribution >= 0.6 is 0 Å². The summed E-state index contributed by atoms with van der Waals surface area (Å²) in [4.78, 5) is 12.2. The third kappa shape index (κ3) is 4.70. The molecule has 122 valence electrons. The maximum atomic E-state index is 12.2. The Morgan fingerprint density at radius 2 is 1.96 bits per heavy atom. The second kappa shape index (κ2) is 9.13. The molecule has 1 N–H and O–H groups in total. The van der Waals surface area contributed by atoms with E-state index in [4.69, 9.17) is 15.9 Å². The zero-order valence-corrected chi connectivity index (χ0v) is 13.3. The van der Waals surface area contributed by atoms with Gasteiger partial charge in [0.1, 0.15) is 12.4 Å². The summed E-state index contributed by atoms with van der Waals surface area (Å²) in [6.07, 6.45) is 5.97. The molecule has 0 aliphatic carbocycles. The van der Waals surface area contributed by atoms with E-state index >= 15 is 0 Å². The minimum atomic E-state index is -0.726. The Morgan fingerprint density at radius 1 is 1.25 bits per heavy atom. The molecule has 0 heterocycles. The largest absolute Gasteiger partial charge is 0.480 e. The smallest absolute Gasteiger partial charge is 0.273 e. The van der Waals surface area contributed by atoms with E-state index in [0.29, 0.717) is 11.3 Å². The van der Waals surface area contributed by atoms with Crippen molar-refractivity contribution in [3.05, 3.63) is 65.7 Å². The molecule has 0 spiro atoms. The number of hydrogen-bond donors (Lipinski definition) is 1. The van der Waals surface area contributed by atoms with Gasteiger partial charge in [0.25, 0.3) is 5.91 Å². The lowest BCUT2D eigenvalue weighted by Gasteiger charge is -2.13. The van der Waals surface area contributed by atoms with Crippen LogP contribution in [0.4, 0.5) is 0 Å². The number of hydrogen-bond acceptors (Lipinski definition) is 4. The number of benzene rings is 2. The molecule has 0 aromatic heterocycles. The highest BCUT2D eigenvalue weighted by molar-refractivity contribution is 5.86. The highest BCUT2D eigenvalue weighted by Crippen LogP contribution is 2.17. The number of carbonyl (C=O) groups is 1. The van der Waals surface area contributed by atoms with E-state index < -0.39 is 6.10 Å². The van der Waals surface area contributed by atoms with Crippen LogP contribution < -0.4 is 10.2 Å². The molecule has 0 radical (unpaired) electrons. The number of hydrazone groups is 1. The van der Waals surface area contributed by atoms with Crippen molar-refractivity contribution in [3.63, 3.8) is 0 Å². The average molecular weight is 322 g/mol. The standard InChI is InChI=1S/C19H18N2O3/c1-3-13-24-17-12-8-7-11-16(17)14-20-21-19(22)18(23-2)15-9-5-4-6-10-15/h1,4-12,14,18H,13H2,2H3,(H,21,22)/b20-14-/t18-/m1/s1. The van der Waals surface area contributed by atoms with E-state index in [1.807, 2.05) is 48.5 Å². The van der Waals surface area contributed by atoms with Crippen LogP contribution in [-0.4, -0.2) is 25.8 Å². The van der Waals surface area contributed by atoms with Crippen LogP contribution in [0.3, 0.4) is 0 Å². The van der Waals surface area contributed by atoms with Crippen LogP contribution in [0.1, 0.15) is 17.2 Å². The molecular weight excluding hydrogens is 304 g/mol. The predicted octanol–water partition coefficient (Wildman–Crippen LogP) is 2.54. The van der Waals surface area contributed by atoms with Crippen LogP contribution in [0.2, 0.25) is 0 Å². The molecular formula is C19H18N2O3. The second-order valence-corrected chi connectivity index (χ2v) is 4.79. The van der Waals surface area contributed by atoms with Crippen molar-refractivity contribution in [2.24, 2.45) is 5.10 Å². The zero-order valence-electron chi connectivity index (χ0n) is 13.3. The molecule has 1 atom stereocenters. The van der Waals surface area contributed by atoms with Gasteiger partial charge in [-0.15, -0.1) is 6.42 Å². The molecule has 0 saturated carbocycles. The van der Waals surface area contributed by atoms with Crippen molar-refractivity contribution in [2.45, 2.75) is 6.10 Å². The maximum Gasteiger partial charge on any atom is 0.273 e. The van der Waals surface area contributed by atoms with Gasteiger partial charge in [0, 0.05) is 12.7 Å². The van der Waals surface area contributed by atoms with Crippen molar-refractivity contribution in [3.8, 4) is 18.1 Å². The third-order valence-corrected chi connectivity index (χ3v) is 3.18. The molecule has 0 bridgehead atoms. The van der Waals surface area contributed by atoms with Gasteiger partial charge in [0.05, 0.1) is 6.21 Å². The molecule has 0 fully saturated rings. The summed E-state index contributed by atoms with van der Waals surface area (Å²) in [6.45, 7) is 0.164.